The number of fused-ring (bicyclic) bond motifs is 1. The van der Waals surface area contributed by atoms with Crippen LogP contribution in [0.1, 0.15) is 17.0 Å². The van der Waals surface area contributed by atoms with E-state index in [1.165, 1.54) is 0 Å². The zero-order valence-corrected chi connectivity index (χ0v) is 8.08. The van der Waals surface area contributed by atoms with E-state index < -0.39 is 5.97 Å². The second kappa shape index (κ2) is 3.42. The van der Waals surface area contributed by atoms with Crippen LogP contribution >= 0.6 is 0 Å². The third-order valence-corrected chi connectivity index (χ3v) is 2.53. The zero-order chi connectivity index (χ0) is 10.1. The topological polar surface area (TPSA) is 69.2 Å². The van der Waals surface area contributed by atoms with Gasteiger partial charge in [-0.25, -0.2) is 0 Å². The van der Waals surface area contributed by atoms with Crippen LogP contribution in [0.3, 0.4) is 0 Å². The van der Waals surface area contributed by atoms with E-state index in [4.69, 9.17) is 5.11 Å². The van der Waals surface area contributed by atoms with Crippen molar-refractivity contribution in [2.45, 2.75) is 19.4 Å². The number of likely N-dealkylation sites (N-methyl/N-ethyl adjacent to an activating group) is 1. The first kappa shape index (κ1) is 9.21. The van der Waals surface area contributed by atoms with Gasteiger partial charge in [0.15, 0.2) is 0 Å². The fourth-order valence-corrected chi connectivity index (χ4v) is 1.78. The van der Waals surface area contributed by atoms with Crippen LogP contribution in [0.25, 0.3) is 0 Å². The van der Waals surface area contributed by atoms with Crippen LogP contribution in [-0.4, -0.2) is 39.8 Å². The Labute approximate surface area is 81.7 Å². The summed E-state index contributed by atoms with van der Waals surface area (Å²) in [6, 6.07) is 0. The highest BCUT2D eigenvalue weighted by Gasteiger charge is 2.20. The molecule has 2 rings (SSSR count). The lowest BCUT2D eigenvalue weighted by Gasteiger charge is -2.22. The first-order chi connectivity index (χ1) is 6.66. The Balaban J connectivity index is 2.26. The van der Waals surface area contributed by atoms with Gasteiger partial charge in [-0.3, -0.25) is 9.89 Å². The Bertz CT molecular complexity index is 359. The maximum atomic E-state index is 10.6. The molecule has 5 nitrogen and oxygen atoms in total. The Morgan fingerprint density at radius 2 is 2.50 bits per heavy atom. The molecule has 5 heteroatoms. The van der Waals surface area contributed by atoms with Gasteiger partial charge in [0.2, 0.25) is 0 Å². The molecule has 76 valence electrons. The van der Waals surface area contributed by atoms with E-state index in [0.717, 1.165) is 30.8 Å². The Morgan fingerprint density at radius 1 is 1.71 bits per heavy atom. The van der Waals surface area contributed by atoms with Crippen LogP contribution in [0.4, 0.5) is 0 Å². The van der Waals surface area contributed by atoms with Crippen molar-refractivity contribution in [3.8, 4) is 0 Å². The summed E-state index contributed by atoms with van der Waals surface area (Å²) >= 11 is 0. The molecule has 0 unspecified atom stereocenters. The minimum absolute atomic E-state index is 0.0136. The molecule has 1 aromatic rings. The van der Waals surface area contributed by atoms with Gasteiger partial charge < -0.3 is 10.0 Å². The molecule has 1 aliphatic rings. The number of nitrogens with zero attached hydrogens (tertiary/aromatic N) is 2. The van der Waals surface area contributed by atoms with Gasteiger partial charge in [0.05, 0.1) is 12.1 Å². The fraction of sp³-hybridized carbons (Fsp3) is 0.556. The molecule has 0 bridgehead atoms. The molecular weight excluding hydrogens is 182 g/mol. The number of aromatic amines is 1. The molecule has 2 heterocycles. The Kier molecular flexibility index (Phi) is 2.25. The molecule has 0 aromatic carbocycles. The summed E-state index contributed by atoms with van der Waals surface area (Å²) in [6.45, 7) is 1.80. The molecule has 0 fully saturated rings. The van der Waals surface area contributed by atoms with E-state index in [2.05, 4.69) is 15.1 Å². The van der Waals surface area contributed by atoms with E-state index in [1.807, 2.05) is 7.05 Å². The average molecular weight is 195 g/mol. The Hall–Kier alpha value is -1.36. The van der Waals surface area contributed by atoms with E-state index in [0.29, 0.717) is 5.69 Å². The largest absolute Gasteiger partial charge is 0.481 e. The quantitative estimate of drug-likeness (QED) is 0.698. The Morgan fingerprint density at radius 3 is 3.21 bits per heavy atom. The predicted octanol–water partition coefficient (Wildman–Crippen LogP) is 0.0247. The summed E-state index contributed by atoms with van der Waals surface area (Å²) in [4.78, 5) is 12.7. The molecule has 0 saturated carbocycles. The number of hydrogen-bond donors (Lipinski definition) is 2. The van der Waals surface area contributed by atoms with Crippen LogP contribution < -0.4 is 0 Å². The van der Waals surface area contributed by atoms with Gasteiger partial charge in [0, 0.05) is 30.8 Å². The van der Waals surface area contributed by atoms with E-state index >= 15 is 0 Å². The van der Waals surface area contributed by atoms with Crippen molar-refractivity contribution in [2.24, 2.45) is 0 Å². The number of carboxylic acids is 1. The van der Waals surface area contributed by atoms with Crippen LogP contribution in [-0.2, 0) is 24.2 Å². The first-order valence-electron chi connectivity index (χ1n) is 4.62. The lowest BCUT2D eigenvalue weighted by molar-refractivity contribution is -0.136. The smallest absolute Gasteiger partial charge is 0.309 e. The minimum atomic E-state index is -0.826. The molecule has 0 spiro atoms. The van der Waals surface area contributed by atoms with Crippen molar-refractivity contribution in [3.05, 3.63) is 17.0 Å². The fourth-order valence-electron chi connectivity index (χ4n) is 1.78. The van der Waals surface area contributed by atoms with E-state index in [1.54, 1.807) is 0 Å². The maximum Gasteiger partial charge on any atom is 0.309 e. The summed E-state index contributed by atoms with van der Waals surface area (Å²) in [5, 5.41) is 15.6. The van der Waals surface area contributed by atoms with Crippen molar-refractivity contribution in [1.82, 2.24) is 15.1 Å². The van der Waals surface area contributed by atoms with Gasteiger partial charge >= 0.3 is 5.97 Å². The van der Waals surface area contributed by atoms with E-state index in [-0.39, 0.29) is 6.42 Å². The van der Waals surface area contributed by atoms with Gasteiger partial charge in [-0.15, -0.1) is 0 Å². The van der Waals surface area contributed by atoms with Gasteiger partial charge in [0.25, 0.3) is 0 Å². The number of nitrogens with one attached hydrogen (secondary N) is 1. The molecule has 0 aliphatic carbocycles. The predicted molar refractivity (Wildman–Crippen MR) is 50.0 cm³/mol. The first-order valence-corrected chi connectivity index (χ1v) is 4.62. The molecule has 2 N–H and O–H groups in total. The van der Waals surface area contributed by atoms with Crippen molar-refractivity contribution < 1.29 is 9.90 Å². The second-order valence-electron chi connectivity index (χ2n) is 3.69. The van der Waals surface area contributed by atoms with Crippen LogP contribution in [0.2, 0.25) is 0 Å². The SMILES string of the molecule is CN1CCc2[nH]nc(CC(=O)O)c2C1. The number of hydrogen-bond acceptors (Lipinski definition) is 3. The average Bonchev–Trinajstić information content (AvgIpc) is 2.47. The van der Waals surface area contributed by atoms with Crippen LogP contribution in [0.15, 0.2) is 0 Å². The minimum Gasteiger partial charge on any atom is -0.481 e. The molecule has 0 atom stereocenters. The van der Waals surface area contributed by atoms with Gasteiger partial charge in [0.1, 0.15) is 0 Å². The van der Waals surface area contributed by atoms with Crippen molar-refractivity contribution in [1.29, 1.82) is 0 Å². The molecular formula is C9H13N3O2. The van der Waals surface area contributed by atoms with Crippen LogP contribution in [0, 0.1) is 0 Å². The summed E-state index contributed by atoms with van der Waals surface area (Å²) in [6.07, 6.45) is 0.943. The van der Waals surface area contributed by atoms with Crippen molar-refractivity contribution in [3.63, 3.8) is 0 Å². The second-order valence-corrected chi connectivity index (χ2v) is 3.69. The molecule has 0 radical (unpaired) electrons. The number of rotatable bonds is 2. The highest BCUT2D eigenvalue weighted by atomic mass is 16.4. The van der Waals surface area contributed by atoms with E-state index in [9.17, 15) is 4.79 Å². The lowest BCUT2D eigenvalue weighted by Crippen LogP contribution is -2.26. The number of H-pyrrole nitrogens is 1. The maximum absolute atomic E-state index is 10.6. The standard InChI is InChI=1S/C9H13N3O2/c1-12-3-2-7-6(5-12)8(11-10-7)4-9(13)14/h2-5H2,1H3,(H,10,11)(H,13,14). The number of aliphatic carboxylic acids is 1. The summed E-state index contributed by atoms with van der Waals surface area (Å²) in [7, 11) is 2.03. The van der Waals surface area contributed by atoms with Crippen molar-refractivity contribution >= 4 is 5.97 Å². The summed E-state index contributed by atoms with van der Waals surface area (Å²) < 4.78 is 0. The zero-order valence-electron chi connectivity index (χ0n) is 8.08. The molecule has 14 heavy (non-hydrogen) atoms. The molecule has 1 aromatic heterocycles. The van der Waals surface area contributed by atoms with Gasteiger partial charge in [-0.1, -0.05) is 0 Å². The lowest BCUT2D eigenvalue weighted by atomic mass is 10.0. The summed E-state index contributed by atoms with van der Waals surface area (Å²) in [5.41, 5.74) is 2.85. The molecule has 0 saturated heterocycles. The van der Waals surface area contributed by atoms with Crippen molar-refractivity contribution in [2.75, 3.05) is 13.6 Å². The third kappa shape index (κ3) is 1.63. The number of aromatic nitrogens is 2. The monoisotopic (exact) mass is 195 g/mol. The highest BCUT2D eigenvalue weighted by Crippen LogP contribution is 2.19. The molecule has 0 amide bonds. The summed E-state index contributed by atoms with van der Waals surface area (Å²) in [5.74, 6) is -0.826. The molecule has 1 aliphatic heterocycles. The normalized spacial score (nSPS) is 16.6. The number of carboxylic acid groups (broad SMARTS) is 1. The van der Waals surface area contributed by atoms with Gasteiger partial charge in [-0.05, 0) is 7.05 Å². The van der Waals surface area contributed by atoms with Gasteiger partial charge in [-0.2, -0.15) is 5.10 Å². The third-order valence-electron chi connectivity index (χ3n) is 2.53. The highest BCUT2D eigenvalue weighted by molar-refractivity contribution is 5.70. The van der Waals surface area contributed by atoms with Crippen LogP contribution in [0.5, 0.6) is 0 Å². The number of carbonyl (C=O) groups is 1.